The molecule has 0 atom stereocenters. The van der Waals surface area contributed by atoms with Crippen molar-refractivity contribution in [1.82, 2.24) is 15.0 Å². The Morgan fingerprint density at radius 2 is 0.333 bits per heavy atom. The molecule has 0 aliphatic rings. The van der Waals surface area contributed by atoms with Gasteiger partial charge in [0.15, 0.2) is 17.5 Å². The Hall–Kier alpha value is -8.01. The monoisotopic (exact) mass is 765 g/mol. The van der Waals surface area contributed by atoms with E-state index in [0.29, 0.717) is 17.5 Å². The lowest BCUT2D eigenvalue weighted by atomic mass is 9.95. The quantitative estimate of drug-likeness (QED) is 0.147. The molecule has 1 heterocycles. The first-order valence-corrected chi connectivity index (χ1v) is 20.3. The van der Waals surface area contributed by atoms with Gasteiger partial charge in [-0.25, -0.2) is 15.0 Å². The highest BCUT2D eigenvalue weighted by Crippen LogP contribution is 2.34. The standard InChI is InChI=1S/C57H39N3/c1-4-16-40(17-5-1)43-22-10-24-45(34-43)47-26-12-28-49(36-47)51-30-14-32-53(38-51)56-58-55(42-20-8-3-9-21-42)59-57(60-56)54-33-15-31-52(39-54)50-29-13-27-48(37-50)46-25-11-23-44(35-46)41-18-6-2-7-19-41/h1-39H. The Balaban J connectivity index is 0.997. The van der Waals surface area contributed by atoms with Crippen LogP contribution >= 0.6 is 0 Å². The molecule has 3 heteroatoms. The first-order chi connectivity index (χ1) is 29.7. The van der Waals surface area contributed by atoms with E-state index in [2.05, 4.69) is 206 Å². The van der Waals surface area contributed by atoms with E-state index in [0.717, 1.165) is 50.1 Å². The van der Waals surface area contributed by atoms with Crippen molar-refractivity contribution in [2.75, 3.05) is 0 Å². The molecule has 0 fully saturated rings. The number of benzene rings is 9. The largest absolute Gasteiger partial charge is 0.208 e. The van der Waals surface area contributed by atoms with Crippen LogP contribution in [-0.2, 0) is 0 Å². The molecule has 0 aliphatic heterocycles. The van der Waals surface area contributed by atoms with Gasteiger partial charge in [-0.3, -0.25) is 0 Å². The maximum absolute atomic E-state index is 5.15. The molecule has 0 bridgehead atoms. The smallest absolute Gasteiger partial charge is 0.164 e. The zero-order chi connectivity index (χ0) is 40.1. The predicted molar refractivity (Wildman–Crippen MR) is 249 cm³/mol. The second-order valence-electron chi connectivity index (χ2n) is 14.9. The van der Waals surface area contributed by atoms with Gasteiger partial charge in [0.25, 0.3) is 0 Å². The summed E-state index contributed by atoms with van der Waals surface area (Å²) in [5.74, 6) is 1.88. The number of rotatable bonds is 9. The summed E-state index contributed by atoms with van der Waals surface area (Å²) in [6, 6.07) is 83.1. The molecule has 0 amide bonds. The van der Waals surface area contributed by atoms with Gasteiger partial charge >= 0.3 is 0 Å². The Morgan fingerprint density at radius 1 is 0.150 bits per heavy atom. The van der Waals surface area contributed by atoms with Crippen LogP contribution in [0.25, 0.3) is 101 Å². The third kappa shape index (κ3) is 7.80. The summed E-state index contributed by atoms with van der Waals surface area (Å²) < 4.78 is 0. The van der Waals surface area contributed by atoms with Crippen LogP contribution in [0.4, 0.5) is 0 Å². The van der Waals surface area contributed by atoms with E-state index in [1.165, 1.54) is 33.4 Å². The summed E-state index contributed by atoms with van der Waals surface area (Å²) in [5, 5.41) is 0. The molecule has 9 aromatic carbocycles. The Labute approximate surface area is 351 Å². The minimum Gasteiger partial charge on any atom is -0.208 e. The number of aromatic nitrogens is 3. The van der Waals surface area contributed by atoms with Crippen molar-refractivity contribution < 1.29 is 0 Å². The van der Waals surface area contributed by atoms with E-state index >= 15 is 0 Å². The predicted octanol–water partition coefficient (Wildman–Crippen LogP) is 14.9. The number of nitrogens with zero attached hydrogens (tertiary/aromatic N) is 3. The first-order valence-electron chi connectivity index (χ1n) is 20.3. The van der Waals surface area contributed by atoms with Crippen LogP contribution in [0.2, 0.25) is 0 Å². The average molecular weight is 766 g/mol. The summed E-state index contributed by atoms with van der Waals surface area (Å²) >= 11 is 0. The van der Waals surface area contributed by atoms with Crippen molar-refractivity contribution in [2.24, 2.45) is 0 Å². The molecule has 0 N–H and O–H groups in total. The molecule has 0 saturated carbocycles. The molecule has 0 unspecified atom stereocenters. The second-order valence-corrected chi connectivity index (χ2v) is 14.9. The zero-order valence-corrected chi connectivity index (χ0v) is 32.9. The van der Waals surface area contributed by atoms with Crippen LogP contribution < -0.4 is 0 Å². The lowest BCUT2D eigenvalue weighted by Crippen LogP contribution is -2.00. The maximum atomic E-state index is 5.15. The molecule has 10 aromatic rings. The molecule has 0 spiro atoms. The summed E-state index contributed by atoms with van der Waals surface area (Å²) in [4.78, 5) is 15.3. The highest BCUT2D eigenvalue weighted by atomic mass is 15.0. The Bertz CT molecular complexity index is 2900. The van der Waals surface area contributed by atoms with Crippen LogP contribution in [0.1, 0.15) is 0 Å². The van der Waals surface area contributed by atoms with Crippen LogP contribution in [0.3, 0.4) is 0 Å². The third-order valence-electron chi connectivity index (χ3n) is 10.9. The van der Waals surface area contributed by atoms with Crippen LogP contribution in [0.15, 0.2) is 237 Å². The van der Waals surface area contributed by atoms with E-state index in [4.69, 9.17) is 15.0 Å². The molecule has 1 aromatic heterocycles. The highest BCUT2D eigenvalue weighted by Gasteiger charge is 2.15. The van der Waals surface area contributed by atoms with E-state index in [1.807, 2.05) is 30.3 Å². The molecule has 0 radical (unpaired) electrons. The van der Waals surface area contributed by atoms with Crippen LogP contribution in [-0.4, -0.2) is 15.0 Å². The van der Waals surface area contributed by atoms with Gasteiger partial charge in [-0.2, -0.15) is 0 Å². The van der Waals surface area contributed by atoms with Crippen molar-refractivity contribution >= 4 is 0 Å². The lowest BCUT2D eigenvalue weighted by Gasteiger charge is -2.12. The van der Waals surface area contributed by atoms with E-state index < -0.39 is 0 Å². The summed E-state index contributed by atoms with van der Waals surface area (Å²) in [5.41, 5.74) is 16.7. The molecule has 0 aliphatic carbocycles. The lowest BCUT2D eigenvalue weighted by molar-refractivity contribution is 1.07. The van der Waals surface area contributed by atoms with Gasteiger partial charge in [-0.05, 0) is 103 Å². The van der Waals surface area contributed by atoms with Gasteiger partial charge in [0, 0.05) is 16.7 Å². The third-order valence-corrected chi connectivity index (χ3v) is 10.9. The minimum atomic E-state index is 0.623. The fraction of sp³-hybridized carbons (Fsp3) is 0. The van der Waals surface area contributed by atoms with Crippen LogP contribution in [0.5, 0.6) is 0 Å². The van der Waals surface area contributed by atoms with Crippen molar-refractivity contribution in [1.29, 1.82) is 0 Å². The van der Waals surface area contributed by atoms with Gasteiger partial charge in [-0.15, -0.1) is 0 Å². The van der Waals surface area contributed by atoms with Crippen molar-refractivity contribution in [3.63, 3.8) is 0 Å². The molecule has 10 rings (SSSR count). The summed E-state index contributed by atoms with van der Waals surface area (Å²) in [7, 11) is 0. The molecule has 0 saturated heterocycles. The zero-order valence-electron chi connectivity index (χ0n) is 32.9. The molecule has 60 heavy (non-hydrogen) atoms. The van der Waals surface area contributed by atoms with Gasteiger partial charge < -0.3 is 0 Å². The summed E-state index contributed by atoms with van der Waals surface area (Å²) in [6.07, 6.45) is 0. The van der Waals surface area contributed by atoms with E-state index in [1.54, 1.807) is 0 Å². The second kappa shape index (κ2) is 16.5. The number of hydrogen-bond donors (Lipinski definition) is 0. The van der Waals surface area contributed by atoms with Crippen LogP contribution in [0, 0.1) is 0 Å². The molecular weight excluding hydrogens is 727 g/mol. The van der Waals surface area contributed by atoms with Gasteiger partial charge in [0.2, 0.25) is 0 Å². The van der Waals surface area contributed by atoms with Gasteiger partial charge in [-0.1, -0.05) is 200 Å². The Morgan fingerprint density at radius 3 is 0.617 bits per heavy atom. The minimum absolute atomic E-state index is 0.623. The molecule has 282 valence electrons. The fourth-order valence-corrected chi connectivity index (χ4v) is 7.80. The summed E-state index contributed by atoms with van der Waals surface area (Å²) in [6.45, 7) is 0. The van der Waals surface area contributed by atoms with Crippen molar-refractivity contribution in [3.8, 4) is 101 Å². The Kier molecular flexibility index (Phi) is 9.97. The SMILES string of the molecule is c1ccc(-c2cccc(-c3cccc(-c4cccc(-c5nc(-c6ccccc6)nc(-c6cccc(-c7cccc(-c8cccc(-c9ccccc9)c8)c7)c6)n5)c4)c3)c2)cc1. The molecule has 3 nitrogen and oxygen atoms in total. The van der Waals surface area contributed by atoms with Gasteiger partial charge in [0.05, 0.1) is 0 Å². The van der Waals surface area contributed by atoms with Gasteiger partial charge in [0.1, 0.15) is 0 Å². The van der Waals surface area contributed by atoms with Crippen molar-refractivity contribution in [3.05, 3.63) is 237 Å². The normalized spacial score (nSPS) is 11.0. The maximum Gasteiger partial charge on any atom is 0.164 e. The first kappa shape index (κ1) is 36.3. The topological polar surface area (TPSA) is 38.7 Å². The number of hydrogen-bond acceptors (Lipinski definition) is 3. The van der Waals surface area contributed by atoms with E-state index in [-0.39, 0.29) is 0 Å². The fourth-order valence-electron chi connectivity index (χ4n) is 7.80. The highest BCUT2D eigenvalue weighted by molar-refractivity contribution is 5.81. The average Bonchev–Trinajstić information content (AvgIpc) is 3.35. The van der Waals surface area contributed by atoms with Crippen molar-refractivity contribution in [2.45, 2.75) is 0 Å². The molecular formula is C57H39N3. The van der Waals surface area contributed by atoms with E-state index in [9.17, 15) is 0 Å².